The van der Waals surface area contributed by atoms with Gasteiger partial charge in [-0.15, -0.1) is 0 Å². The minimum absolute atomic E-state index is 0.0421. The van der Waals surface area contributed by atoms with Crippen molar-refractivity contribution in [3.8, 4) is 0 Å². The molecule has 0 aromatic carbocycles. The average molecular weight is 229 g/mol. The number of amides is 1. The van der Waals surface area contributed by atoms with Crippen molar-refractivity contribution in [2.45, 2.75) is 65.2 Å². The summed E-state index contributed by atoms with van der Waals surface area (Å²) in [6, 6.07) is 0. The number of carbonyl (C=O) groups excluding carboxylic acids is 1. The van der Waals surface area contributed by atoms with Crippen LogP contribution in [0.25, 0.3) is 0 Å². The van der Waals surface area contributed by atoms with Crippen molar-refractivity contribution in [2.24, 2.45) is 0 Å². The second kappa shape index (κ2) is 10.9. The number of hydrogen-bond acceptors (Lipinski definition) is 2. The predicted octanol–water partition coefficient (Wildman–Crippen LogP) is 3.54. The summed E-state index contributed by atoms with van der Waals surface area (Å²) in [5, 5.41) is 1.31. The standard InChI is InChI=1S/C13H27NO2/c1-4-5-6-7-8-9-10-11-12-16-14(3)13(2)15/h4-12H2,1-3H3. The Hall–Kier alpha value is -0.570. The minimum Gasteiger partial charge on any atom is -0.273 e. The Bertz CT molecular complexity index is 171. The van der Waals surface area contributed by atoms with E-state index in [2.05, 4.69) is 6.92 Å². The number of hydroxylamine groups is 2. The summed E-state index contributed by atoms with van der Waals surface area (Å²) in [6.07, 6.45) is 10.3. The number of carbonyl (C=O) groups is 1. The molecular formula is C13H27NO2. The molecule has 0 aromatic heterocycles. The summed E-state index contributed by atoms with van der Waals surface area (Å²) in [6.45, 7) is 4.40. The van der Waals surface area contributed by atoms with Gasteiger partial charge in [-0.25, -0.2) is 5.06 Å². The molecule has 0 saturated heterocycles. The Morgan fingerprint density at radius 1 is 1.00 bits per heavy atom. The summed E-state index contributed by atoms with van der Waals surface area (Å²) in [5.74, 6) is -0.0421. The van der Waals surface area contributed by atoms with Crippen LogP contribution in [-0.4, -0.2) is 24.6 Å². The summed E-state index contributed by atoms with van der Waals surface area (Å²) < 4.78 is 0. The molecule has 3 nitrogen and oxygen atoms in total. The van der Waals surface area contributed by atoms with Crippen LogP contribution in [0.2, 0.25) is 0 Å². The van der Waals surface area contributed by atoms with E-state index in [4.69, 9.17) is 4.84 Å². The van der Waals surface area contributed by atoms with E-state index in [1.807, 2.05) is 0 Å². The van der Waals surface area contributed by atoms with E-state index in [1.165, 1.54) is 56.9 Å². The van der Waals surface area contributed by atoms with E-state index in [0.717, 1.165) is 6.42 Å². The van der Waals surface area contributed by atoms with Crippen molar-refractivity contribution in [1.82, 2.24) is 5.06 Å². The Balaban J connectivity index is 3.07. The molecule has 16 heavy (non-hydrogen) atoms. The lowest BCUT2D eigenvalue weighted by molar-refractivity contribution is -0.176. The van der Waals surface area contributed by atoms with E-state index in [9.17, 15) is 4.79 Å². The minimum atomic E-state index is -0.0421. The highest BCUT2D eigenvalue weighted by Gasteiger charge is 2.00. The van der Waals surface area contributed by atoms with Crippen LogP contribution >= 0.6 is 0 Å². The molecule has 0 N–H and O–H groups in total. The molecule has 0 aliphatic carbocycles. The van der Waals surface area contributed by atoms with Gasteiger partial charge in [0.2, 0.25) is 5.91 Å². The summed E-state index contributed by atoms with van der Waals surface area (Å²) >= 11 is 0. The third kappa shape index (κ3) is 9.97. The molecular weight excluding hydrogens is 202 g/mol. The lowest BCUT2D eigenvalue weighted by Crippen LogP contribution is -2.24. The van der Waals surface area contributed by atoms with E-state index in [0.29, 0.717) is 6.61 Å². The van der Waals surface area contributed by atoms with E-state index >= 15 is 0 Å². The van der Waals surface area contributed by atoms with Gasteiger partial charge in [-0.2, -0.15) is 0 Å². The first-order valence-corrected chi connectivity index (χ1v) is 6.55. The fourth-order valence-electron chi connectivity index (χ4n) is 1.53. The zero-order valence-electron chi connectivity index (χ0n) is 11.1. The molecule has 0 aromatic rings. The topological polar surface area (TPSA) is 29.5 Å². The summed E-state index contributed by atoms with van der Waals surface area (Å²) in [5.41, 5.74) is 0. The van der Waals surface area contributed by atoms with Crippen LogP contribution in [0.3, 0.4) is 0 Å². The fourth-order valence-corrected chi connectivity index (χ4v) is 1.53. The van der Waals surface area contributed by atoms with E-state index in [-0.39, 0.29) is 5.91 Å². The van der Waals surface area contributed by atoms with Gasteiger partial charge in [-0.05, 0) is 6.42 Å². The van der Waals surface area contributed by atoms with Crippen molar-refractivity contribution < 1.29 is 9.63 Å². The van der Waals surface area contributed by atoms with Gasteiger partial charge >= 0.3 is 0 Å². The summed E-state index contributed by atoms with van der Waals surface area (Å²) in [7, 11) is 1.66. The number of unbranched alkanes of at least 4 members (excludes halogenated alkanes) is 7. The average Bonchev–Trinajstić information content (AvgIpc) is 2.26. The fraction of sp³-hybridized carbons (Fsp3) is 0.923. The number of hydrogen-bond donors (Lipinski definition) is 0. The summed E-state index contributed by atoms with van der Waals surface area (Å²) in [4.78, 5) is 16.0. The molecule has 0 aliphatic heterocycles. The van der Waals surface area contributed by atoms with Crippen molar-refractivity contribution in [3.63, 3.8) is 0 Å². The molecule has 0 bridgehead atoms. The second-order valence-electron chi connectivity index (χ2n) is 4.32. The first kappa shape index (κ1) is 15.4. The molecule has 0 heterocycles. The van der Waals surface area contributed by atoms with Crippen molar-refractivity contribution >= 4 is 5.91 Å². The number of nitrogens with zero attached hydrogens (tertiary/aromatic N) is 1. The Kier molecular flexibility index (Phi) is 10.5. The lowest BCUT2D eigenvalue weighted by atomic mass is 10.1. The van der Waals surface area contributed by atoms with Crippen molar-refractivity contribution in [1.29, 1.82) is 0 Å². The lowest BCUT2D eigenvalue weighted by Gasteiger charge is -2.13. The highest BCUT2D eigenvalue weighted by Crippen LogP contribution is 2.08. The maximum atomic E-state index is 10.8. The van der Waals surface area contributed by atoms with Crippen LogP contribution in [-0.2, 0) is 9.63 Å². The van der Waals surface area contributed by atoms with Crippen LogP contribution in [0.1, 0.15) is 65.2 Å². The SMILES string of the molecule is CCCCCCCCCCON(C)C(C)=O. The van der Waals surface area contributed by atoms with Crippen LogP contribution in [0.4, 0.5) is 0 Å². The molecule has 96 valence electrons. The van der Waals surface area contributed by atoms with Gasteiger partial charge in [0.1, 0.15) is 0 Å². The quantitative estimate of drug-likeness (QED) is 0.423. The smallest absolute Gasteiger partial charge is 0.242 e. The van der Waals surface area contributed by atoms with Crippen LogP contribution in [0.15, 0.2) is 0 Å². The first-order chi connectivity index (χ1) is 7.68. The zero-order valence-corrected chi connectivity index (χ0v) is 11.1. The molecule has 0 radical (unpaired) electrons. The molecule has 0 fully saturated rings. The molecule has 0 spiro atoms. The van der Waals surface area contributed by atoms with E-state index < -0.39 is 0 Å². The third-order valence-corrected chi connectivity index (χ3v) is 2.73. The molecule has 3 heteroatoms. The van der Waals surface area contributed by atoms with Gasteiger partial charge in [0, 0.05) is 14.0 Å². The van der Waals surface area contributed by atoms with E-state index in [1.54, 1.807) is 7.05 Å². The third-order valence-electron chi connectivity index (χ3n) is 2.73. The van der Waals surface area contributed by atoms with Crippen LogP contribution in [0, 0.1) is 0 Å². The predicted molar refractivity (Wildman–Crippen MR) is 67.0 cm³/mol. The molecule has 1 amide bonds. The Morgan fingerprint density at radius 3 is 2.00 bits per heavy atom. The monoisotopic (exact) mass is 229 g/mol. The van der Waals surface area contributed by atoms with Crippen LogP contribution < -0.4 is 0 Å². The highest BCUT2D eigenvalue weighted by atomic mass is 16.7. The number of rotatable bonds is 10. The van der Waals surface area contributed by atoms with Crippen molar-refractivity contribution in [2.75, 3.05) is 13.7 Å². The second-order valence-corrected chi connectivity index (χ2v) is 4.32. The zero-order chi connectivity index (χ0) is 12.2. The van der Waals surface area contributed by atoms with Gasteiger partial charge in [0.05, 0.1) is 6.61 Å². The van der Waals surface area contributed by atoms with Gasteiger partial charge in [-0.1, -0.05) is 51.9 Å². The molecule has 0 atom stereocenters. The molecule has 0 aliphatic rings. The van der Waals surface area contributed by atoms with Gasteiger partial charge in [0.25, 0.3) is 0 Å². The maximum absolute atomic E-state index is 10.8. The van der Waals surface area contributed by atoms with Crippen LogP contribution in [0.5, 0.6) is 0 Å². The largest absolute Gasteiger partial charge is 0.273 e. The highest BCUT2D eigenvalue weighted by molar-refractivity contribution is 5.71. The first-order valence-electron chi connectivity index (χ1n) is 6.55. The molecule has 0 unspecified atom stereocenters. The molecule has 0 rings (SSSR count). The maximum Gasteiger partial charge on any atom is 0.242 e. The van der Waals surface area contributed by atoms with Gasteiger partial charge in [0.15, 0.2) is 0 Å². The van der Waals surface area contributed by atoms with Gasteiger partial charge in [-0.3, -0.25) is 9.63 Å². The Morgan fingerprint density at radius 2 is 1.50 bits per heavy atom. The normalized spacial score (nSPS) is 10.4. The van der Waals surface area contributed by atoms with Gasteiger partial charge < -0.3 is 0 Å². The Labute approximate surface area is 100 Å². The molecule has 0 saturated carbocycles. The van der Waals surface area contributed by atoms with Crippen molar-refractivity contribution in [3.05, 3.63) is 0 Å².